The number of carbonyl (C=O) groups is 3. The predicted octanol–water partition coefficient (Wildman–Crippen LogP) is 2.86. The molecule has 4 rings (SSSR count). The van der Waals surface area contributed by atoms with Crippen molar-refractivity contribution in [3.05, 3.63) is 75.9 Å². The molecule has 1 atom stereocenters. The minimum absolute atomic E-state index is 0.0493. The SMILES string of the molecule is CC(=O)Nc1ccc2c(CN3C(=O)NC(C)(c4ccccc4F)C3=O)cc(=O)oc2c1. The summed E-state index contributed by atoms with van der Waals surface area (Å²) in [6, 6.07) is 10.9. The molecular formula is C22H18FN3O5. The van der Waals surface area contributed by atoms with Crippen LogP contribution in [0.1, 0.15) is 25.0 Å². The van der Waals surface area contributed by atoms with E-state index in [-0.39, 0.29) is 23.6 Å². The second-order valence-electron chi connectivity index (χ2n) is 7.41. The first-order chi connectivity index (χ1) is 14.7. The van der Waals surface area contributed by atoms with Crippen molar-refractivity contribution in [2.75, 3.05) is 5.32 Å². The Morgan fingerprint density at radius 2 is 1.90 bits per heavy atom. The largest absolute Gasteiger partial charge is 0.423 e. The van der Waals surface area contributed by atoms with Crippen molar-refractivity contribution in [3.63, 3.8) is 0 Å². The van der Waals surface area contributed by atoms with Crippen molar-refractivity contribution in [1.82, 2.24) is 10.2 Å². The summed E-state index contributed by atoms with van der Waals surface area (Å²) >= 11 is 0. The first-order valence-electron chi connectivity index (χ1n) is 9.42. The lowest BCUT2D eigenvalue weighted by Gasteiger charge is -2.22. The van der Waals surface area contributed by atoms with Crippen molar-refractivity contribution in [1.29, 1.82) is 0 Å². The summed E-state index contributed by atoms with van der Waals surface area (Å²) in [5, 5.41) is 5.64. The fourth-order valence-corrected chi connectivity index (χ4v) is 3.70. The summed E-state index contributed by atoms with van der Waals surface area (Å²) in [7, 11) is 0. The van der Waals surface area contributed by atoms with Gasteiger partial charge < -0.3 is 15.1 Å². The van der Waals surface area contributed by atoms with Gasteiger partial charge in [-0.2, -0.15) is 0 Å². The first kappa shape index (κ1) is 20.3. The zero-order valence-corrected chi connectivity index (χ0v) is 16.7. The quantitative estimate of drug-likeness (QED) is 0.496. The molecule has 2 heterocycles. The van der Waals surface area contributed by atoms with Crippen LogP contribution in [0.15, 0.2) is 57.7 Å². The number of hydrogen-bond acceptors (Lipinski definition) is 5. The molecule has 3 aromatic rings. The normalized spacial score (nSPS) is 18.4. The highest BCUT2D eigenvalue weighted by Crippen LogP contribution is 2.32. The number of amides is 4. The Labute approximate surface area is 175 Å². The second-order valence-corrected chi connectivity index (χ2v) is 7.41. The van der Waals surface area contributed by atoms with Crippen molar-refractivity contribution < 1.29 is 23.2 Å². The molecule has 1 aliphatic rings. The van der Waals surface area contributed by atoms with E-state index in [0.29, 0.717) is 16.6 Å². The molecule has 0 radical (unpaired) electrons. The highest BCUT2D eigenvalue weighted by atomic mass is 19.1. The van der Waals surface area contributed by atoms with Gasteiger partial charge in [-0.1, -0.05) is 18.2 Å². The molecule has 158 valence electrons. The number of carbonyl (C=O) groups excluding carboxylic acids is 3. The third-order valence-corrected chi connectivity index (χ3v) is 5.17. The van der Waals surface area contributed by atoms with E-state index in [9.17, 15) is 23.6 Å². The third kappa shape index (κ3) is 3.54. The van der Waals surface area contributed by atoms with Gasteiger partial charge >= 0.3 is 11.7 Å². The lowest BCUT2D eigenvalue weighted by molar-refractivity contribution is -0.131. The van der Waals surface area contributed by atoms with Crippen molar-refractivity contribution >= 4 is 34.5 Å². The molecule has 4 amide bonds. The molecule has 0 spiro atoms. The van der Waals surface area contributed by atoms with E-state index >= 15 is 0 Å². The maximum Gasteiger partial charge on any atom is 0.336 e. The molecule has 0 bridgehead atoms. The number of hydrogen-bond donors (Lipinski definition) is 2. The van der Waals surface area contributed by atoms with Gasteiger partial charge in [0.15, 0.2) is 0 Å². The lowest BCUT2D eigenvalue weighted by Crippen LogP contribution is -2.41. The maximum atomic E-state index is 14.3. The van der Waals surface area contributed by atoms with Crippen molar-refractivity contribution in [2.45, 2.75) is 25.9 Å². The van der Waals surface area contributed by atoms with E-state index in [0.717, 1.165) is 4.90 Å². The predicted molar refractivity (Wildman–Crippen MR) is 110 cm³/mol. The zero-order chi connectivity index (χ0) is 22.3. The molecule has 2 aromatic carbocycles. The molecule has 1 aromatic heterocycles. The van der Waals surface area contributed by atoms with Gasteiger partial charge in [0.25, 0.3) is 5.91 Å². The van der Waals surface area contributed by atoms with E-state index in [1.807, 2.05) is 0 Å². The number of rotatable bonds is 4. The Morgan fingerprint density at radius 3 is 2.61 bits per heavy atom. The lowest BCUT2D eigenvalue weighted by atomic mass is 9.91. The van der Waals surface area contributed by atoms with Gasteiger partial charge in [-0.3, -0.25) is 14.5 Å². The molecule has 0 saturated carbocycles. The van der Waals surface area contributed by atoms with Crippen LogP contribution >= 0.6 is 0 Å². The van der Waals surface area contributed by atoms with Gasteiger partial charge in [0.05, 0.1) is 6.54 Å². The molecule has 31 heavy (non-hydrogen) atoms. The number of anilines is 1. The molecular weight excluding hydrogens is 405 g/mol. The monoisotopic (exact) mass is 423 g/mol. The van der Waals surface area contributed by atoms with Gasteiger partial charge in [0.1, 0.15) is 16.9 Å². The fraction of sp³-hybridized carbons (Fsp3) is 0.182. The zero-order valence-electron chi connectivity index (χ0n) is 16.7. The Kier molecular flexibility index (Phi) is 4.81. The third-order valence-electron chi connectivity index (χ3n) is 5.17. The van der Waals surface area contributed by atoms with Crippen LogP contribution in [0.5, 0.6) is 0 Å². The minimum Gasteiger partial charge on any atom is -0.423 e. The molecule has 0 aliphatic carbocycles. The number of benzene rings is 2. The van der Waals surface area contributed by atoms with Crippen molar-refractivity contribution in [2.24, 2.45) is 0 Å². The van der Waals surface area contributed by atoms with E-state index in [4.69, 9.17) is 4.42 Å². The molecule has 2 N–H and O–H groups in total. The number of imide groups is 1. The summed E-state index contributed by atoms with van der Waals surface area (Å²) in [6.45, 7) is 2.57. The van der Waals surface area contributed by atoms with Gasteiger partial charge in [0, 0.05) is 35.7 Å². The molecule has 9 heteroatoms. The second kappa shape index (κ2) is 7.35. The van der Waals surface area contributed by atoms with Crippen LogP contribution in [0.3, 0.4) is 0 Å². The van der Waals surface area contributed by atoms with E-state index < -0.39 is 28.9 Å². The van der Waals surface area contributed by atoms with Gasteiger partial charge in [-0.05, 0) is 30.7 Å². The van der Waals surface area contributed by atoms with E-state index in [2.05, 4.69) is 10.6 Å². The molecule has 1 unspecified atom stereocenters. The minimum atomic E-state index is -1.57. The van der Waals surface area contributed by atoms with Crippen LogP contribution in [0.2, 0.25) is 0 Å². The van der Waals surface area contributed by atoms with E-state index in [1.54, 1.807) is 18.2 Å². The number of nitrogens with zero attached hydrogens (tertiary/aromatic N) is 1. The summed E-state index contributed by atoms with van der Waals surface area (Å²) in [6.07, 6.45) is 0. The maximum absolute atomic E-state index is 14.3. The van der Waals surface area contributed by atoms with Crippen LogP contribution in [-0.2, 0) is 21.7 Å². The van der Waals surface area contributed by atoms with Crippen LogP contribution in [0.25, 0.3) is 11.0 Å². The molecule has 1 aliphatic heterocycles. The highest BCUT2D eigenvalue weighted by molar-refractivity contribution is 6.07. The Bertz CT molecular complexity index is 1300. The van der Waals surface area contributed by atoms with Crippen LogP contribution in [-0.4, -0.2) is 22.7 Å². The Hall–Kier alpha value is -4.01. The first-order valence-corrected chi connectivity index (χ1v) is 9.42. The average Bonchev–Trinajstić information content (AvgIpc) is 2.91. The Morgan fingerprint density at radius 1 is 1.16 bits per heavy atom. The standard InChI is InChI=1S/C22H18FN3O5/c1-12(27)24-14-7-8-15-13(9-19(28)31-18(15)10-14)11-26-20(29)22(2,25-21(26)30)16-5-3-4-6-17(16)23/h3-10H,11H2,1-2H3,(H,24,27)(H,25,30). The number of fused-ring (bicyclic) bond motifs is 1. The van der Waals surface area contributed by atoms with E-state index in [1.165, 1.54) is 44.2 Å². The van der Waals surface area contributed by atoms with Crippen LogP contribution in [0, 0.1) is 5.82 Å². The molecule has 8 nitrogen and oxygen atoms in total. The number of halogens is 1. The summed E-state index contributed by atoms with van der Waals surface area (Å²) in [4.78, 5) is 50.0. The van der Waals surface area contributed by atoms with Gasteiger partial charge in [0.2, 0.25) is 5.91 Å². The summed E-state index contributed by atoms with van der Waals surface area (Å²) < 4.78 is 19.5. The molecule has 1 saturated heterocycles. The summed E-state index contributed by atoms with van der Waals surface area (Å²) in [5.41, 5.74) is -1.20. The number of urea groups is 1. The van der Waals surface area contributed by atoms with Crippen LogP contribution in [0.4, 0.5) is 14.9 Å². The fourth-order valence-electron chi connectivity index (χ4n) is 3.70. The smallest absolute Gasteiger partial charge is 0.336 e. The topological polar surface area (TPSA) is 109 Å². The number of nitrogens with one attached hydrogen (secondary N) is 2. The van der Waals surface area contributed by atoms with Gasteiger partial charge in [-0.15, -0.1) is 0 Å². The Balaban J connectivity index is 1.71. The average molecular weight is 423 g/mol. The van der Waals surface area contributed by atoms with Gasteiger partial charge in [-0.25, -0.2) is 14.0 Å². The molecule has 1 fully saturated rings. The highest BCUT2D eigenvalue weighted by Gasteiger charge is 2.50. The van der Waals surface area contributed by atoms with Crippen LogP contribution < -0.4 is 16.3 Å². The summed E-state index contributed by atoms with van der Waals surface area (Å²) in [5.74, 6) is -1.54. The van der Waals surface area contributed by atoms with Crippen molar-refractivity contribution in [3.8, 4) is 0 Å².